The van der Waals surface area contributed by atoms with Gasteiger partial charge in [0.2, 0.25) is 5.91 Å². The summed E-state index contributed by atoms with van der Waals surface area (Å²) in [5.74, 6) is 1.22. The summed E-state index contributed by atoms with van der Waals surface area (Å²) in [7, 11) is 0. The van der Waals surface area contributed by atoms with Crippen molar-refractivity contribution in [3.05, 3.63) is 65.7 Å². The molecular formula is C22H25N7O2. The maximum atomic E-state index is 12.4. The van der Waals surface area contributed by atoms with Gasteiger partial charge in [-0.05, 0) is 32.0 Å². The van der Waals surface area contributed by atoms with Gasteiger partial charge in [0.05, 0.1) is 11.6 Å². The molecule has 0 spiro atoms. The summed E-state index contributed by atoms with van der Waals surface area (Å²) in [5.41, 5.74) is 2.54. The highest BCUT2D eigenvalue weighted by molar-refractivity contribution is 5.94. The molecule has 9 heteroatoms. The molecule has 9 nitrogen and oxygen atoms in total. The van der Waals surface area contributed by atoms with E-state index in [1.807, 2.05) is 49.1 Å². The number of carbonyl (C=O) groups is 2. The van der Waals surface area contributed by atoms with E-state index in [1.54, 1.807) is 16.8 Å². The van der Waals surface area contributed by atoms with Gasteiger partial charge in [-0.25, -0.2) is 14.6 Å². The van der Waals surface area contributed by atoms with E-state index < -0.39 is 0 Å². The summed E-state index contributed by atoms with van der Waals surface area (Å²) < 4.78 is 1.79. The van der Waals surface area contributed by atoms with Crippen molar-refractivity contribution in [3.63, 3.8) is 0 Å². The lowest BCUT2D eigenvalue weighted by molar-refractivity contribution is -0.125. The van der Waals surface area contributed by atoms with Gasteiger partial charge >= 0.3 is 0 Å². The first-order chi connectivity index (χ1) is 15.0. The minimum atomic E-state index is -0.146. The average molecular weight is 419 g/mol. The maximum Gasteiger partial charge on any atom is 0.251 e. The highest BCUT2D eigenvalue weighted by atomic mass is 16.2. The normalized spacial score (nSPS) is 13.5. The highest BCUT2D eigenvalue weighted by Crippen LogP contribution is 2.24. The molecule has 1 aliphatic heterocycles. The fraction of sp³-hybridized carbons (Fsp3) is 0.318. The summed E-state index contributed by atoms with van der Waals surface area (Å²) in [4.78, 5) is 35.0. The second-order valence-corrected chi connectivity index (χ2v) is 7.59. The van der Waals surface area contributed by atoms with Crippen LogP contribution in [0.2, 0.25) is 0 Å². The quantitative estimate of drug-likeness (QED) is 0.559. The van der Waals surface area contributed by atoms with Gasteiger partial charge in [-0.3, -0.25) is 9.59 Å². The minimum absolute atomic E-state index is 0.0157. The van der Waals surface area contributed by atoms with E-state index in [2.05, 4.69) is 25.7 Å². The summed E-state index contributed by atoms with van der Waals surface area (Å²) in [6.45, 7) is 5.88. The van der Waals surface area contributed by atoms with Crippen LogP contribution in [0.5, 0.6) is 0 Å². The zero-order valence-corrected chi connectivity index (χ0v) is 17.6. The Labute approximate surface area is 180 Å². The molecule has 1 aliphatic rings. The van der Waals surface area contributed by atoms with Crippen LogP contribution in [0.15, 0.2) is 48.8 Å². The van der Waals surface area contributed by atoms with Gasteiger partial charge in [-0.2, -0.15) is 5.10 Å². The topological polar surface area (TPSA) is 105 Å². The third-order valence-corrected chi connectivity index (χ3v) is 5.19. The van der Waals surface area contributed by atoms with Gasteiger partial charge in [0.15, 0.2) is 5.82 Å². The molecule has 0 radical (unpaired) electrons. The fourth-order valence-corrected chi connectivity index (χ4v) is 3.52. The number of amides is 2. The average Bonchev–Trinajstić information content (AvgIpc) is 3.09. The summed E-state index contributed by atoms with van der Waals surface area (Å²) in [6, 6.07) is 12.9. The SMILES string of the molecule is Cc1cc(C)n(-c2cc(N3CC(C(=O)NCCNC(=O)c4ccccc4)C3)ncn2)n1. The molecular weight excluding hydrogens is 394 g/mol. The molecule has 160 valence electrons. The van der Waals surface area contributed by atoms with E-state index in [0.29, 0.717) is 37.6 Å². The summed E-state index contributed by atoms with van der Waals surface area (Å²) >= 11 is 0. The van der Waals surface area contributed by atoms with E-state index in [0.717, 1.165) is 17.2 Å². The van der Waals surface area contributed by atoms with Crippen LogP contribution in [0, 0.1) is 19.8 Å². The number of carbonyl (C=O) groups excluding carboxylic acids is 2. The molecule has 2 amide bonds. The number of nitrogens with one attached hydrogen (secondary N) is 2. The zero-order valence-electron chi connectivity index (χ0n) is 17.6. The van der Waals surface area contributed by atoms with Crippen molar-refractivity contribution in [1.29, 1.82) is 0 Å². The molecule has 0 atom stereocenters. The predicted molar refractivity (Wildman–Crippen MR) is 116 cm³/mol. The standard InChI is InChI=1S/C22H25N7O2/c1-15-10-16(2)29(27-15)20-11-19(25-14-26-20)28-12-18(13-28)22(31)24-9-8-23-21(30)17-6-4-3-5-7-17/h3-7,10-11,14,18H,8-9,12-13H2,1-2H3,(H,23,30)(H,24,31). The molecule has 0 aliphatic carbocycles. The molecule has 31 heavy (non-hydrogen) atoms. The van der Waals surface area contributed by atoms with Crippen molar-refractivity contribution >= 4 is 17.6 Å². The minimum Gasteiger partial charge on any atom is -0.355 e. The van der Waals surface area contributed by atoms with E-state index in [9.17, 15) is 9.59 Å². The molecule has 1 aromatic carbocycles. The highest BCUT2D eigenvalue weighted by Gasteiger charge is 2.33. The fourth-order valence-electron chi connectivity index (χ4n) is 3.52. The van der Waals surface area contributed by atoms with Gasteiger partial charge < -0.3 is 15.5 Å². The Bertz CT molecular complexity index is 1070. The van der Waals surface area contributed by atoms with Crippen molar-refractivity contribution in [3.8, 4) is 5.82 Å². The number of nitrogens with zero attached hydrogens (tertiary/aromatic N) is 5. The Hall–Kier alpha value is -3.75. The Morgan fingerprint density at radius 1 is 1.00 bits per heavy atom. The largest absolute Gasteiger partial charge is 0.355 e. The number of hydrogen-bond acceptors (Lipinski definition) is 6. The Morgan fingerprint density at radius 3 is 2.42 bits per heavy atom. The Balaban J connectivity index is 1.23. The number of aromatic nitrogens is 4. The van der Waals surface area contributed by atoms with Gasteiger partial charge in [-0.15, -0.1) is 0 Å². The first-order valence-electron chi connectivity index (χ1n) is 10.2. The van der Waals surface area contributed by atoms with Crippen LogP contribution in [-0.4, -0.2) is 57.7 Å². The molecule has 3 aromatic rings. The van der Waals surface area contributed by atoms with Crippen LogP contribution in [0.3, 0.4) is 0 Å². The molecule has 2 aromatic heterocycles. The van der Waals surface area contributed by atoms with Gasteiger partial charge in [0, 0.05) is 43.5 Å². The monoisotopic (exact) mass is 419 g/mol. The molecule has 0 bridgehead atoms. The number of benzene rings is 1. The predicted octanol–water partition coefficient (Wildman–Crippen LogP) is 1.26. The maximum absolute atomic E-state index is 12.4. The molecule has 0 saturated carbocycles. The van der Waals surface area contributed by atoms with Crippen molar-refractivity contribution < 1.29 is 9.59 Å². The first-order valence-corrected chi connectivity index (χ1v) is 10.2. The van der Waals surface area contributed by atoms with Gasteiger partial charge in [-0.1, -0.05) is 18.2 Å². The molecule has 4 rings (SSSR count). The molecule has 1 fully saturated rings. The van der Waals surface area contributed by atoms with Crippen LogP contribution in [0.4, 0.5) is 5.82 Å². The number of anilines is 1. The third-order valence-electron chi connectivity index (χ3n) is 5.19. The van der Waals surface area contributed by atoms with Crippen LogP contribution in [0.1, 0.15) is 21.7 Å². The van der Waals surface area contributed by atoms with E-state index >= 15 is 0 Å². The Morgan fingerprint density at radius 2 is 1.71 bits per heavy atom. The molecule has 2 N–H and O–H groups in total. The van der Waals surface area contributed by atoms with Crippen LogP contribution in [-0.2, 0) is 4.79 Å². The van der Waals surface area contributed by atoms with Gasteiger partial charge in [0.25, 0.3) is 5.91 Å². The van der Waals surface area contributed by atoms with Crippen molar-refractivity contribution in [1.82, 2.24) is 30.4 Å². The van der Waals surface area contributed by atoms with Crippen LogP contribution in [0.25, 0.3) is 5.82 Å². The lowest BCUT2D eigenvalue weighted by atomic mass is 9.99. The van der Waals surface area contributed by atoms with Crippen LogP contribution >= 0.6 is 0 Å². The lowest BCUT2D eigenvalue weighted by Crippen LogP contribution is -2.54. The third kappa shape index (κ3) is 4.71. The number of rotatable bonds is 7. The van der Waals surface area contributed by atoms with Gasteiger partial charge in [0.1, 0.15) is 12.1 Å². The molecule has 0 unspecified atom stereocenters. The zero-order chi connectivity index (χ0) is 21.8. The van der Waals surface area contributed by atoms with E-state index in [1.165, 1.54) is 6.33 Å². The first kappa shape index (κ1) is 20.5. The van der Waals surface area contributed by atoms with Crippen molar-refractivity contribution in [2.45, 2.75) is 13.8 Å². The number of aryl methyl sites for hydroxylation is 2. The summed E-state index contributed by atoms with van der Waals surface area (Å²) in [6.07, 6.45) is 1.52. The van der Waals surface area contributed by atoms with E-state index in [4.69, 9.17) is 0 Å². The summed E-state index contributed by atoms with van der Waals surface area (Å²) in [5, 5.41) is 10.1. The van der Waals surface area contributed by atoms with Crippen molar-refractivity contribution in [2.24, 2.45) is 5.92 Å². The number of hydrogen-bond donors (Lipinski definition) is 2. The second-order valence-electron chi connectivity index (χ2n) is 7.59. The van der Waals surface area contributed by atoms with Crippen molar-refractivity contribution in [2.75, 3.05) is 31.1 Å². The van der Waals surface area contributed by atoms with E-state index in [-0.39, 0.29) is 17.7 Å². The Kier molecular flexibility index (Phi) is 5.92. The van der Waals surface area contributed by atoms with Crippen LogP contribution < -0.4 is 15.5 Å². The molecule has 1 saturated heterocycles. The second kappa shape index (κ2) is 8.95. The lowest BCUT2D eigenvalue weighted by Gasteiger charge is -2.39. The smallest absolute Gasteiger partial charge is 0.251 e. The molecule has 3 heterocycles.